The number of hydrogen-bond donors (Lipinski definition) is 1. The van der Waals surface area contributed by atoms with E-state index in [0.29, 0.717) is 5.92 Å². The van der Waals surface area contributed by atoms with Crippen molar-refractivity contribution in [2.75, 3.05) is 20.1 Å². The Hall–Kier alpha value is -0.930. The molecule has 0 fully saturated rings. The van der Waals surface area contributed by atoms with Gasteiger partial charge in [-0.15, -0.1) is 0 Å². The minimum absolute atomic E-state index is 0.702. The molecule has 0 saturated heterocycles. The maximum Gasteiger partial charge on any atom is 0.0544 e. The third-order valence-electron chi connectivity index (χ3n) is 2.57. The van der Waals surface area contributed by atoms with E-state index in [-0.39, 0.29) is 0 Å². The van der Waals surface area contributed by atoms with Gasteiger partial charge in [0, 0.05) is 25.8 Å². The molecule has 1 aromatic rings. The molecule has 3 nitrogen and oxygen atoms in total. The van der Waals surface area contributed by atoms with E-state index in [4.69, 9.17) is 0 Å². The Kier molecular flexibility index (Phi) is 6.16. The fourth-order valence-corrected chi connectivity index (χ4v) is 1.89. The summed E-state index contributed by atoms with van der Waals surface area (Å²) in [7, 11) is 2.15. The zero-order valence-corrected chi connectivity index (χ0v) is 11.5. The molecule has 96 valence electrons. The first-order chi connectivity index (χ1) is 8.11. The fraction of sp³-hybridized carbons (Fsp3) is 0.643. The van der Waals surface area contributed by atoms with Crippen LogP contribution in [0.2, 0.25) is 0 Å². The number of rotatable bonds is 7. The molecular formula is C14H25N3. The van der Waals surface area contributed by atoms with E-state index >= 15 is 0 Å². The molecule has 0 bridgehead atoms. The van der Waals surface area contributed by atoms with Gasteiger partial charge in [0.1, 0.15) is 0 Å². The van der Waals surface area contributed by atoms with E-state index in [9.17, 15) is 0 Å². The van der Waals surface area contributed by atoms with Crippen molar-refractivity contribution in [2.45, 2.75) is 33.9 Å². The van der Waals surface area contributed by atoms with Crippen molar-refractivity contribution in [3.63, 3.8) is 0 Å². The average molecular weight is 235 g/mol. The largest absolute Gasteiger partial charge is 0.313 e. The van der Waals surface area contributed by atoms with Crippen LogP contribution in [0.15, 0.2) is 18.3 Å². The van der Waals surface area contributed by atoms with Gasteiger partial charge in [0.2, 0.25) is 0 Å². The summed E-state index contributed by atoms with van der Waals surface area (Å²) in [5.41, 5.74) is 2.40. The monoisotopic (exact) mass is 235 g/mol. The van der Waals surface area contributed by atoms with Gasteiger partial charge in [0.05, 0.1) is 5.69 Å². The second-order valence-electron chi connectivity index (χ2n) is 5.03. The van der Waals surface area contributed by atoms with Crippen molar-refractivity contribution < 1.29 is 0 Å². The molecule has 0 atom stereocenters. The molecule has 0 spiro atoms. The molecule has 0 aliphatic rings. The van der Waals surface area contributed by atoms with Crippen molar-refractivity contribution in [3.05, 3.63) is 29.6 Å². The predicted molar refractivity (Wildman–Crippen MR) is 72.8 cm³/mol. The number of pyridine rings is 1. The topological polar surface area (TPSA) is 28.2 Å². The lowest BCUT2D eigenvalue weighted by Gasteiger charge is -2.18. The molecule has 3 heteroatoms. The third-order valence-corrected chi connectivity index (χ3v) is 2.57. The highest BCUT2D eigenvalue weighted by Crippen LogP contribution is 2.04. The summed E-state index contributed by atoms with van der Waals surface area (Å²) in [6.45, 7) is 10.5. The minimum atomic E-state index is 0.702. The second-order valence-corrected chi connectivity index (χ2v) is 5.03. The summed E-state index contributed by atoms with van der Waals surface area (Å²) < 4.78 is 0. The van der Waals surface area contributed by atoms with Crippen LogP contribution in [0, 0.1) is 5.92 Å². The minimum Gasteiger partial charge on any atom is -0.313 e. The number of aromatic nitrogens is 1. The van der Waals surface area contributed by atoms with Crippen molar-refractivity contribution in [1.29, 1.82) is 0 Å². The smallest absolute Gasteiger partial charge is 0.0544 e. The Morgan fingerprint density at radius 1 is 1.35 bits per heavy atom. The quantitative estimate of drug-likeness (QED) is 0.786. The van der Waals surface area contributed by atoms with E-state index < -0.39 is 0 Å². The first-order valence-electron chi connectivity index (χ1n) is 6.45. The molecule has 0 saturated carbocycles. The molecule has 0 aliphatic carbocycles. The van der Waals surface area contributed by atoms with Gasteiger partial charge >= 0.3 is 0 Å². The van der Waals surface area contributed by atoms with Gasteiger partial charge < -0.3 is 10.2 Å². The Balaban J connectivity index is 2.44. The summed E-state index contributed by atoms with van der Waals surface area (Å²) >= 11 is 0. The van der Waals surface area contributed by atoms with Gasteiger partial charge in [0.15, 0.2) is 0 Å². The maximum absolute atomic E-state index is 4.50. The molecule has 1 aromatic heterocycles. The van der Waals surface area contributed by atoms with Crippen molar-refractivity contribution >= 4 is 0 Å². The van der Waals surface area contributed by atoms with Gasteiger partial charge in [-0.05, 0) is 31.1 Å². The molecule has 0 aliphatic heterocycles. The summed E-state index contributed by atoms with van der Waals surface area (Å²) in [4.78, 5) is 6.81. The molecule has 1 N–H and O–H groups in total. The summed E-state index contributed by atoms with van der Waals surface area (Å²) in [6, 6.07) is 4.29. The molecule has 0 aromatic carbocycles. The first-order valence-corrected chi connectivity index (χ1v) is 6.45. The van der Waals surface area contributed by atoms with Gasteiger partial charge in [-0.25, -0.2) is 0 Å². The van der Waals surface area contributed by atoms with E-state index in [2.05, 4.69) is 55.2 Å². The number of hydrogen-bond acceptors (Lipinski definition) is 3. The van der Waals surface area contributed by atoms with Crippen LogP contribution in [0.4, 0.5) is 0 Å². The normalized spacial score (nSPS) is 11.4. The fourth-order valence-electron chi connectivity index (χ4n) is 1.89. The highest BCUT2D eigenvalue weighted by atomic mass is 15.1. The lowest BCUT2D eigenvalue weighted by atomic mass is 10.2. The van der Waals surface area contributed by atoms with Crippen LogP contribution >= 0.6 is 0 Å². The predicted octanol–water partition coefficient (Wildman–Crippen LogP) is 2.28. The highest BCUT2D eigenvalue weighted by molar-refractivity contribution is 5.13. The van der Waals surface area contributed by atoms with Crippen LogP contribution < -0.4 is 5.32 Å². The number of nitrogens with zero attached hydrogens (tertiary/aromatic N) is 2. The maximum atomic E-state index is 4.50. The molecule has 0 unspecified atom stereocenters. The van der Waals surface area contributed by atoms with E-state index in [0.717, 1.165) is 31.9 Å². The van der Waals surface area contributed by atoms with Gasteiger partial charge in [-0.2, -0.15) is 0 Å². The first kappa shape index (κ1) is 14.1. The zero-order chi connectivity index (χ0) is 12.7. The summed E-state index contributed by atoms with van der Waals surface area (Å²) in [5, 5.41) is 3.30. The second kappa shape index (κ2) is 7.41. The average Bonchev–Trinajstić information content (AvgIpc) is 2.27. The van der Waals surface area contributed by atoms with Crippen molar-refractivity contribution in [2.24, 2.45) is 5.92 Å². The molecule has 0 amide bonds. The highest BCUT2D eigenvalue weighted by Gasteiger charge is 2.03. The van der Waals surface area contributed by atoms with Crippen LogP contribution in [0.1, 0.15) is 32.0 Å². The molecular weight excluding hydrogens is 210 g/mol. The molecule has 17 heavy (non-hydrogen) atoms. The lowest BCUT2D eigenvalue weighted by Crippen LogP contribution is -2.23. The van der Waals surface area contributed by atoms with Crippen LogP contribution in [0.25, 0.3) is 0 Å². The summed E-state index contributed by atoms with van der Waals surface area (Å²) in [5.74, 6) is 0.702. The SMILES string of the molecule is CCNCc1ccc(CN(C)CC(C)C)nc1. The van der Waals surface area contributed by atoms with Gasteiger partial charge in [0.25, 0.3) is 0 Å². The third kappa shape index (κ3) is 5.80. The lowest BCUT2D eigenvalue weighted by molar-refractivity contribution is 0.285. The van der Waals surface area contributed by atoms with Crippen molar-refractivity contribution in [1.82, 2.24) is 15.2 Å². The molecule has 1 rings (SSSR count). The van der Waals surface area contributed by atoms with Crippen LogP contribution in [-0.4, -0.2) is 30.0 Å². The molecule has 0 radical (unpaired) electrons. The Morgan fingerprint density at radius 3 is 2.65 bits per heavy atom. The van der Waals surface area contributed by atoms with Crippen LogP contribution in [-0.2, 0) is 13.1 Å². The Morgan fingerprint density at radius 2 is 2.12 bits per heavy atom. The van der Waals surface area contributed by atoms with Crippen LogP contribution in [0.3, 0.4) is 0 Å². The Bertz CT molecular complexity index is 306. The standard InChI is InChI=1S/C14H25N3/c1-5-15-8-13-6-7-14(16-9-13)11-17(4)10-12(2)3/h6-7,9,12,15H,5,8,10-11H2,1-4H3. The van der Waals surface area contributed by atoms with Gasteiger partial charge in [-0.1, -0.05) is 26.8 Å². The van der Waals surface area contributed by atoms with E-state index in [1.165, 1.54) is 5.56 Å². The zero-order valence-electron chi connectivity index (χ0n) is 11.5. The number of nitrogens with one attached hydrogen (secondary N) is 1. The van der Waals surface area contributed by atoms with E-state index in [1.54, 1.807) is 0 Å². The Labute approximate surface area is 105 Å². The van der Waals surface area contributed by atoms with Crippen LogP contribution in [0.5, 0.6) is 0 Å². The molecule has 1 heterocycles. The van der Waals surface area contributed by atoms with Gasteiger partial charge in [-0.3, -0.25) is 4.98 Å². The van der Waals surface area contributed by atoms with E-state index in [1.807, 2.05) is 6.20 Å². The van der Waals surface area contributed by atoms with Crippen molar-refractivity contribution in [3.8, 4) is 0 Å². The summed E-state index contributed by atoms with van der Waals surface area (Å²) in [6.07, 6.45) is 1.97.